The summed E-state index contributed by atoms with van der Waals surface area (Å²) in [6.45, 7) is 3.90. The maximum Gasteiger partial charge on any atom is 0.338 e. The summed E-state index contributed by atoms with van der Waals surface area (Å²) < 4.78 is 25.9. The molecular formula is C34H36BrFN6O6S. The van der Waals surface area contributed by atoms with E-state index < -0.39 is 23.8 Å². The second-order valence-electron chi connectivity index (χ2n) is 11.8. The number of hydrogen-bond acceptors (Lipinski definition) is 10. The lowest BCUT2D eigenvalue weighted by Gasteiger charge is -2.44. The fourth-order valence-corrected chi connectivity index (χ4v) is 7.72. The topological polar surface area (TPSA) is 137 Å². The number of aromatic nitrogens is 1. The number of nitrogens with zero attached hydrogens (tertiary/aromatic N) is 5. The number of piperazine rings is 1. The number of nitrogens with one attached hydrogen (secondary N) is 1. The number of ether oxygens (including phenoxy) is 2. The Hall–Kier alpha value is -4.18. The van der Waals surface area contributed by atoms with Crippen LogP contribution in [0, 0.1) is 5.82 Å². The number of aliphatic imine (C=N–C) groups is 1. The van der Waals surface area contributed by atoms with Crippen LogP contribution in [0.4, 0.5) is 14.9 Å². The number of rotatable bonds is 12. The maximum absolute atomic E-state index is 14.2. The molecule has 6 rings (SSSR count). The molecule has 12 nitrogen and oxygen atoms in total. The van der Waals surface area contributed by atoms with Crippen LogP contribution >= 0.6 is 27.3 Å². The monoisotopic (exact) mass is 754 g/mol. The van der Waals surface area contributed by atoms with Crippen molar-refractivity contribution in [1.29, 1.82) is 0 Å². The second kappa shape index (κ2) is 15.2. The van der Waals surface area contributed by atoms with Crippen LogP contribution < -0.4 is 10.2 Å². The van der Waals surface area contributed by atoms with Crippen LogP contribution in [0.1, 0.15) is 35.5 Å². The van der Waals surface area contributed by atoms with Gasteiger partial charge in [-0.15, -0.1) is 11.3 Å². The van der Waals surface area contributed by atoms with Crippen LogP contribution in [-0.2, 0) is 25.5 Å². The lowest BCUT2D eigenvalue weighted by Crippen LogP contribution is -2.61. The molecule has 3 aromatic rings. The number of carboxylic acids is 1. The van der Waals surface area contributed by atoms with Gasteiger partial charge in [-0.05, 0) is 48.7 Å². The van der Waals surface area contributed by atoms with Crippen molar-refractivity contribution in [3.05, 3.63) is 91.7 Å². The largest absolute Gasteiger partial charge is 0.481 e. The Bertz CT molecular complexity index is 1770. The van der Waals surface area contributed by atoms with Crippen LogP contribution in [0.15, 0.2) is 74.8 Å². The highest BCUT2D eigenvalue weighted by molar-refractivity contribution is 9.10. The molecule has 2 aromatic carbocycles. The standard InChI is InChI=1S/C34H36BrFN6O6S/c1-3-48-33(45)29-25(38-31(32-37-12-15-49-32)39-30(29)23-10-7-21(36)16-24(23)35)17-40-13-14-41-26(27(40)19-47-2)18-42(34(41)46)22-8-4-20(5-9-22)6-11-28(43)44/h4-5,7-10,12,15-16,26-27,30H,3,6,11,13-14,17-19H2,1-2H3,(H,38,39)(H,43,44)/t26-,27-,30?/m1/s1. The molecule has 0 saturated carbocycles. The summed E-state index contributed by atoms with van der Waals surface area (Å²) in [4.78, 5) is 53.6. The number of aryl methyl sites for hydroxylation is 1. The quantitative estimate of drug-likeness (QED) is 0.254. The van der Waals surface area contributed by atoms with Crippen molar-refractivity contribution in [2.75, 3.05) is 51.4 Å². The number of hydrogen-bond donors (Lipinski definition) is 2. The molecule has 15 heteroatoms. The molecule has 2 amide bonds. The highest BCUT2D eigenvalue weighted by Gasteiger charge is 2.47. The molecule has 0 aliphatic carbocycles. The number of carbonyl (C=O) groups is 3. The molecule has 49 heavy (non-hydrogen) atoms. The highest BCUT2D eigenvalue weighted by atomic mass is 79.9. The number of amidine groups is 1. The molecule has 2 fully saturated rings. The van der Waals surface area contributed by atoms with E-state index in [0.717, 1.165) is 11.3 Å². The highest BCUT2D eigenvalue weighted by Crippen LogP contribution is 2.38. The zero-order valence-electron chi connectivity index (χ0n) is 27.0. The van der Waals surface area contributed by atoms with Gasteiger partial charge in [0.05, 0.1) is 30.9 Å². The fourth-order valence-electron chi connectivity index (χ4n) is 6.56. The van der Waals surface area contributed by atoms with Crippen molar-refractivity contribution in [2.45, 2.75) is 37.9 Å². The average Bonchev–Trinajstić information content (AvgIpc) is 3.74. The maximum atomic E-state index is 14.2. The summed E-state index contributed by atoms with van der Waals surface area (Å²) in [6.07, 6.45) is 2.13. The number of esters is 1. The third-order valence-corrected chi connectivity index (χ3v) is 10.3. The number of fused-ring (bicyclic) bond motifs is 1. The Balaban J connectivity index is 1.32. The summed E-state index contributed by atoms with van der Waals surface area (Å²) in [5.74, 6) is -1.34. The first-order valence-electron chi connectivity index (χ1n) is 15.9. The van der Waals surface area contributed by atoms with Gasteiger partial charge >= 0.3 is 18.0 Å². The second-order valence-corrected chi connectivity index (χ2v) is 13.6. The normalized spacial score (nSPS) is 21.0. The Labute approximate surface area is 295 Å². The molecule has 0 radical (unpaired) electrons. The van der Waals surface area contributed by atoms with Gasteiger partial charge in [0.25, 0.3) is 0 Å². The zero-order valence-corrected chi connectivity index (χ0v) is 29.4. The Morgan fingerprint density at radius 3 is 2.65 bits per heavy atom. The first-order chi connectivity index (χ1) is 23.7. The van der Waals surface area contributed by atoms with Crippen molar-refractivity contribution in [3.63, 3.8) is 0 Å². The van der Waals surface area contributed by atoms with E-state index in [9.17, 15) is 18.8 Å². The van der Waals surface area contributed by atoms with Crippen LogP contribution in [0.5, 0.6) is 0 Å². The molecule has 3 atom stereocenters. The van der Waals surface area contributed by atoms with Crippen LogP contribution in [-0.4, -0.2) is 102 Å². The fraction of sp³-hybridized carbons (Fsp3) is 0.382. The minimum atomic E-state index is -0.858. The summed E-state index contributed by atoms with van der Waals surface area (Å²) in [6, 6.07) is 10.4. The first-order valence-corrected chi connectivity index (χ1v) is 17.6. The van der Waals surface area contributed by atoms with Crippen molar-refractivity contribution in [2.24, 2.45) is 4.99 Å². The number of urea groups is 1. The molecule has 0 spiro atoms. The third kappa shape index (κ3) is 7.39. The van der Waals surface area contributed by atoms with Crippen LogP contribution in [0.2, 0.25) is 0 Å². The van der Waals surface area contributed by atoms with Gasteiger partial charge in [0.15, 0.2) is 10.8 Å². The molecule has 258 valence electrons. The lowest BCUT2D eigenvalue weighted by atomic mass is 9.94. The summed E-state index contributed by atoms with van der Waals surface area (Å²) in [5.41, 5.74) is 3.10. The van der Waals surface area contributed by atoms with Crippen molar-refractivity contribution < 1.29 is 33.4 Å². The predicted octanol–water partition coefficient (Wildman–Crippen LogP) is 4.61. The van der Waals surface area contributed by atoms with Crippen molar-refractivity contribution >= 4 is 56.8 Å². The molecule has 2 N–H and O–H groups in total. The number of anilines is 1. The van der Waals surface area contributed by atoms with Gasteiger partial charge in [-0.1, -0.05) is 34.1 Å². The Kier molecular flexibility index (Phi) is 10.7. The van der Waals surface area contributed by atoms with Crippen molar-refractivity contribution in [1.82, 2.24) is 20.1 Å². The summed E-state index contributed by atoms with van der Waals surface area (Å²) in [5, 5.41) is 14.9. The number of aliphatic carboxylic acids is 1. The number of amides is 2. The van der Waals surface area contributed by atoms with Crippen LogP contribution in [0.25, 0.3) is 0 Å². The zero-order chi connectivity index (χ0) is 34.7. The van der Waals surface area contributed by atoms with Crippen LogP contribution in [0.3, 0.4) is 0 Å². The molecule has 3 aliphatic heterocycles. The predicted molar refractivity (Wildman–Crippen MR) is 185 cm³/mol. The molecule has 1 unspecified atom stereocenters. The smallest absolute Gasteiger partial charge is 0.338 e. The van der Waals surface area contributed by atoms with Gasteiger partial charge in [-0.2, -0.15) is 0 Å². The van der Waals surface area contributed by atoms with Gasteiger partial charge in [0, 0.05) is 67.1 Å². The number of benzene rings is 2. The van der Waals surface area contributed by atoms with Gasteiger partial charge in [0.1, 0.15) is 11.9 Å². The number of thiazole rings is 1. The molecule has 2 saturated heterocycles. The number of halogens is 2. The number of carbonyl (C=O) groups excluding carboxylic acids is 2. The van der Waals surface area contributed by atoms with E-state index in [0.29, 0.717) is 71.4 Å². The molecule has 4 heterocycles. The molecule has 3 aliphatic rings. The van der Waals surface area contributed by atoms with Gasteiger partial charge in [0.2, 0.25) is 0 Å². The van der Waals surface area contributed by atoms with Crippen molar-refractivity contribution in [3.8, 4) is 0 Å². The van der Waals surface area contributed by atoms with E-state index >= 15 is 0 Å². The van der Waals surface area contributed by atoms with E-state index in [2.05, 4.69) is 31.1 Å². The molecule has 0 bridgehead atoms. The van der Waals surface area contributed by atoms with Gasteiger partial charge in [-0.25, -0.2) is 19.0 Å². The Morgan fingerprint density at radius 1 is 1.18 bits per heavy atom. The first kappa shape index (κ1) is 34.7. The minimum absolute atomic E-state index is 0.0364. The van der Waals surface area contributed by atoms with E-state index in [1.807, 2.05) is 34.5 Å². The minimum Gasteiger partial charge on any atom is -0.481 e. The van der Waals surface area contributed by atoms with E-state index in [1.165, 1.54) is 23.5 Å². The van der Waals surface area contributed by atoms with Gasteiger partial charge < -0.3 is 24.8 Å². The Morgan fingerprint density at radius 2 is 1.98 bits per heavy atom. The number of carboxylic acid groups (broad SMARTS) is 1. The van der Waals surface area contributed by atoms with E-state index in [4.69, 9.17) is 19.6 Å². The third-order valence-electron chi connectivity index (χ3n) is 8.88. The molecule has 1 aromatic heterocycles. The van der Waals surface area contributed by atoms with E-state index in [1.54, 1.807) is 31.2 Å². The van der Waals surface area contributed by atoms with Gasteiger partial charge in [-0.3, -0.25) is 19.6 Å². The SMILES string of the molecule is CCOC(=O)C1=C(CN2CCN3C(=O)N(c4ccc(CCC(=O)O)cc4)C[C@@H]3[C@H]2COC)NC(c2nccs2)=NC1c1ccc(F)cc1Br. The summed E-state index contributed by atoms with van der Waals surface area (Å²) >= 11 is 4.89. The average molecular weight is 756 g/mol. The summed E-state index contributed by atoms with van der Waals surface area (Å²) in [7, 11) is 1.62. The van der Waals surface area contributed by atoms with E-state index in [-0.39, 0.29) is 31.1 Å². The number of methoxy groups -OCH3 is 1. The lowest BCUT2D eigenvalue weighted by molar-refractivity contribution is -0.139. The molecular weight excluding hydrogens is 719 g/mol.